The Hall–Kier alpha value is -5.00. The Morgan fingerprint density at radius 1 is 0.958 bits per heavy atom. The molecule has 2 atom stereocenters. The first-order chi connectivity index (χ1) is 23.1. The molecule has 2 aliphatic rings. The number of anilines is 1. The number of aryl methyl sites for hydroxylation is 1. The van der Waals surface area contributed by atoms with Crippen molar-refractivity contribution in [3.63, 3.8) is 0 Å². The number of methoxy groups -OCH3 is 3. The average Bonchev–Trinajstić information content (AvgIpc) is 3.52. The predicted molar refractivity (Wildman–Crippen MR) is 181 cm³/mol. The quantitative estimate of drug-likeness (QED) is 0.327. The minimum absolute atomic E-state index is 0.138. The van der Waals surface area contributed by atoms with Gasteiger partial charge in [-0.15, -0.1) is 0 Å². The van der Waals surface area contributed by atoms with Gasteiger partial charge < -0.3 is 39.1 Å². The number of nitrogens with one attached hydrogen (secondary N) is 2. The Kier molecular flexibility index (Phi) is 10.6. The molecule has 1 saturated heterocycles. The van der Waals surface area contributed by atoms with E-state index in [4.69, 9.17) is 18.6 Å². The van der Waals surface area contributed by atoms with Gasteiger partial charge in [-0.1, -0.05) is 19.9 Å². The highest BCUT2D eigenvalue weighted by Gasteiger charge is 2.32. The van der Waals surface area contributed by atoms with Gasteiger partial charge in [0.1, 0.15) is 6.04 Å². The zero-order valence-corrected chi connectivity index (χ0v) is 28.4. The van der Waals surface area contributed by atoms with E-state index in [0.717, 1.165) is 11.1 Å². The molecule has 3 amide bonds. The van der Waals surface area contributed by atoms with E-state index in [2.05, 4.69) is 10.6 Å². The first-order valence-corrected chi connectivity index (χ1v) is 16.2. The highest BCUT2D eigenvalue weighted by Crippen LogP contribution is 2.50. The van der Waals surface area contributed by atoms with Crippen molar-refractivity contribution >= 4 is 23.4 Å². The number of carbonyl (C=O) groups excluding carboxylic acids is 3. The smallest absolute Gasteiger partial charge is 0.289 e. The SMILES string of the molecule is COc1cc2c(c(OC)c1OC)-c1ccc(N[C@@H](CC(C)C)C(=O)N3CCN(C(=O)c4ccco4)CC3)c(=O)cc1[C@@H](NC(C)=O)CC2. The van der Waals surface area contributed by atoms with Gasteiger partial charge in [0.15, 0.2) is 17.3 Å². The van der Waals surface area contributed by atoms with Crippen molar-refractivity contribution in [3.8, 4) is 28.4 Å². The molecular formula is C36H44N4O8. The van der Waals surface area contributed by atoms with E-state index >= 15 is 0 Å². The maximum absolute atomic E-state index is 13.9. The van der Waals surface area contributed by atoms with E-state index in [-0.39, 0.29) is 40.5 Å². The molecule has 5 rings (SSSR count). The van der Waals surface area contributed by atoms with Crippen LogP contribution in [0.3, 0.4) is 0 Å². The second kappa shape index (κ2) is 14.8. The zero-order chi connectivity index (χ0) is 34.5. The molecule has 0 spiro atoms. The van der Waals surface area contributed by atoms with Gasteiger partial charge >= 0.3 is 0 Å². The Labute approximate surface area is 280 Å². The van der Waals surface area contributed by atoms with E-state index in [9.17, 15) is 19.2 Å². The fourth-order valence-corrected chi connectivity index (χ4v) is 6.61. The molecule has 0 radical (unpaired) electrons. The van der Waals surface area contributed by atoms with Gasteiger partial charge in [-0.2, -0.15) is 0 Å². The molecule has 1 aliphatic heterocycles. The van der Waals surface area contributed by atoms with Gasteiger partial charge in [-0.25, -0.2) is 0 Å². The van der Waals surface area contributed by atoms with Gasteiger partial charge in [0.05, 0.1) is 39.3 Å². The number of furan rings is 1. The normalized spacial score (nSPS) is 16.3. The standard InChI is InChI=1S/C36H44N4O8/c1-21(2)18-28(35(43)39-13-15-40(16-14-39)36(44)30-8-7-17-48-30)38-27-12-10-24-25(20-29(27)42)26(37-22(3)41)11-9-23-19-31(45-4)33(46-5)34(47-6)32(23)24/h7-8,10,12,17,19-21,26,28H,9,11,13-16,18H2,1-6H3,(H,37,41)(H,38,42)/t26-,28-/m0/s1. The van der Waals surface area contributed by atoms with Crippen LogP contribution in [0.5, 0.6) is 17.2 Å². The lowest BCUT2D eigenvalue weighted by atomic mass is 9.95. The molecule has 0 bridgehead atoms. The lowest BCUT2D eigenvalue weighted by Gasteiger charge is -2.36. The van der Waals surface area contributed by atoms with Gasteiger partial charge in [-0.05, 0) is 72.2 Å². The van der Waals surface area contributed by atoms with Gasteiger partial charge in [-0.3, -0.25) is 19.2 Å². The van der Waals surface area contributed by atoms with Crippen LogP contribution in [0, 0.1) is 5.92 Å². The first kappa shape index (κ1) is 34.3. The van der Waals surface area contributed by atoms with E-state index in [1.807, 2.05) is 26.0 Å². The van der Waals surface area contributed by atoms with Crippen LogP contribution in [-0.2, 0) is 16.0 Å². The number of rotatable bonds is 10. The highest BCUT2D eigenvalue weighted by atomic mass is 16.5. The third-order valence-corrected chi connectivity index (χ3v) is 8.86. The maximum Gasteiger partial charge on any atom is 0.289 e. The van der Waals surface area contributed by atoms with Crippen molar-refractivity contribution < 1.29 is 33.0 Å². The summed E-state index contributed by atoms with van der Waals surface area (Å²) < 4.78 is 22.4. The molecule has 1 aliphatic carbocycles. The van der Waals surface area contributed by atoms with Crippen molar-refractivity contribution in [2.75, 3.05) is 52.8 Å². The second-order valence-electron chi connectivity index (χ2n) is 12.5. The number of fused-ring (bicyclic) bond motifs is 3. The minimum atomic E-state index is -0.676. The van der Waals surface area contributed by atoms with E-state index < -0.39 is 12.1 Å². The van der Waals surface area contributed by atoms with Gasteiger partial charge in [0.2, 0.25) is 23.0 Å². The Morgan fingerprint density at radius 2 is 1.67 bits per heavy atom. The highest BCUT2D eigenvalue weighted by molar-refractivity contribution is 5.92. The molecular weight excluding hydrogens is 616 g/mol. The van der Waals surface area contributed by atoms with Crippen LogP contribution in [0.2, 0.25) is 0 Å². The van der Waals surface area contributed by atoms with Crippen LogP contribution in [-0.4, -0.2) is 81.1 Å². The summed E-state index contributed by atoms with van der Waals surface area (Å²) in [6.45, 7) is 6.98. The van der Waals surface area contributed by atoms with Gasteiger partial charge in [0.25, 0.3) is 5.91 Å². The summed E-state index contributed by atoms with van der Waals surface area (Å²) in [5.41, 5.74) is 2.95. The number of amides is 3. The van der Waals surface area contributed by atoms with E-state index in [1.165, 1.54) is 20.3 Å². The molecule has 1 fully saturated rings. The first-order valence-electron chi connectivity index (χ1n) is 16.2. The zero-order valence-electron chi connectivity index (χ0n) is 28.4. The summed E-state index contributed by atoms with van der Waals surface area (Å²) in [7, 11) is 4.65. The topological polar surface area (TPSA) is 140 Å². The molecule has 256 valence electrons. The third kappa shape index (κ3) is 7.12. The molecule has 12 heteroatoms. The number of ether oxygens (including phenoxy) is 3. The van der Waals surface area contributed by atoms with Crippen molar-refractivity contribution in [1.82, 2.24) is 15.1 Å². The molecule has 48 heavy (non-hydrogen) atoms. The van der Waals surface area contributed by atoms with Gasteiger partial charge in [0, 0.05) is 38.7 Å². The molecule has 2 aromatic carbocycles. The van der Waals surface area contributed by atoms with Crippen LogP contribution >= 0.6 is 0 Å². The van der Waals surface area contributed by atoms with Crippen LogP contribution in [0.1, 0.15) is 61.3 Å². The molecule has 1 aromatic heterocycles. The predicted octanol–water partition coefficient (Wildman–Crippen LogP) is 4.27. The summed E-state index contributed by atoms with van der Waals surface area (Å²) in [6.07, 6.45) is 3.07. The summed E-state index contributed by atoms with van der Waals surface area (Å²) in [5, 5.41) is 6.30. The van der Waals surface area contributed by atoms with Crippen molar-refractivity contribution in [2.45, 2.75) is 52.1 Å². The number of benzene rings is 1. The number of piperazine rings is 1. The fraction of sp³-hybridized carbons (Fsp3) is 0.444. The summed E-state index contributed by atoms with van der Waals surface area (Å²) in [4.78, 5) is 56.4. The average molecular weight is 661 g/mol. The Morgan fingerprint density at radius 3 is 2.27 bits per heavy atom. The van der Waals surface area contributed by atoms with E-state index in [0.29, 0.717) is 73.8 Å². The minimum Gasteiger partial charge on any atom is -0.493 e. The summed E-state index contributed by atoms with van der Waals surface area (Å²) in [6, 6.07) is 9.14. The number of carbonyl (C=O) groups is 3. The van der Waals surface area contributed by atoms with Crippen molar-refractivity contribution in [2.24, 2.45) is 5.92 Å². The lowest BCUT2D eigenvalue weighted by molar-refractivity contribution is -0.133. The van der Waals surface area contributed by atoms with Crippen LogP contribution in [0.4, 0.5) is 5.69 Å². The summed E-state index contributed by atoms with van der Waals surface area (Å²) >= 11 is 0. The molecule has 0 saturated carbocycles. The maximum atomic E-state index is 13.9. The van der Waals surface area contributed by atoms with Crippen LogP contribution in [0.25, 0.3) is 11.1 Å². The molecule has 0 unspecified atom stereocenters. The summed E-state index contributed by atoms with van der Waals surface area (Å²) in [5.74, 6) is 1.26. The molecule has 2 N–H and O–H groups in total. The molecule has 2 heterocycles. The monoisotopic (exact) mass is 660 g/mol. The number of hydrogen-bond acceptors (Lipinski definition) is 9. The van der Waals surface area contributed by atoms with Crippen LogP contribution < -0.4 is 30.3 Å². The number of nitrogens with zero attached hydrogens (tertiary/aromatic N) is 2. The third-order valence-electron chi connectivity index (χ3n) is 8.86. The fourth-order valence-electron chi connectivity index (χ4n) is 6.61. The molecule has 12 nitrogen and oxygen atoms in total. The van der Waals surface area contributed by atoms with E-state index in [1.54, 1.807) is 48.3 Å². The largest absolute Gasteiger partial charge is 0.493 e. The number of hydrogen-bond donors (Lipinski definition) is 2. The Balaban J connectivity index is 1.50. The molecule has 3 aromatic rings. The lowest BCUT2D eigenvalue weighted by Crippen LogP contribution is -2.54. The second-order valence-corrected chi connectivity index (χ2v) is 12.5. The van der Waals surface area contributed by atoms with Crippen LogP contribution in [0.15, 0.2) is 51.9 Å². The van der Waals surface area contributed by atoms with Crippen molar-refractivity contribution in [1.29, 1.82) is 0 Å². The Bertz CT molecular complexity index is 1710. The van der Waals surface area contributed by atoms with Crippen molar-refractivity contribution in [3.05, 3.63) is 69.8 Å².